The number of rotatable bonds is 47. The van der Waals surface area contributed by atoms with E-state index in [9.17, 15) is 84.0 Å². The predicted molar refractivity (Wildman–Crippen MR) is 438 cm³/mol. The van der Waals surface area contributed by atoms with Crippen molar-refractivity contribution in [1.82, 2.24) is 20.4 Å². The van der Waals surface area contributed by atoms with Gasteiger partial charge in [0.15, 0.2) is 41.3 Å². The number of hydrogen-bond acceptors (Lipinski definition) is 32. The molecule has 6 aliphatic heterocycles. The van der Waals surface area contributed by atoms with Crippen molar-refractivity contribution in [3.05, 3.63) is 124 Å². The van der Waals surface area contributed by atoms with Crippen LogP contribution < -0.4 is 50.0 Å². The van der Waals surface area contributed by atoms with Crippen LogP contribution in [0.5, 0.6) is 28.7 Å². The van der Waals surface area contributed by atoms with Gasteiger partial charge in [-0.25, -0.2) is 25.3 Å². The molecule has 38 heteroatoms. The average molecular weight is 1740 g/mol. The smallest absolute Gasteiger partial charge is 0.416 e. The highest BCUT2D eigenvalue weighted by molar-refractivity contribution is 6.07. The first-order valence-electron chi connectivity index (χ1n) is 41.6. The van der Waals surface area contributed by atoms with Crippen molar-refractivity contribution in [2.24, 2.45) is 5.90 Å². The molecule has 4 aromatic rings. The first-order chi connectivity index (χ1) is 59.6. The van der Waals surface area contributed by atoms with Crippen molar-refractivity contribution < 1.29 is 150 Å². The number of amides is 6. The van der Waals surface area contributed by atoms with Crippen LogP contribution in [0.4, 0.5) is 21.0 Å². The Labute approximate surface area is 717 Å². The molecule has 13 atom stereocenters. The monoisotopic (exact) mass is 1740 g/mol. The van der Waals surface area contributed by atoms with Crippen molar-refractivity contribution in [3.63, 3.8) is 0 Å². The lowest BCUT2D eigenvalue weighted by atomic mass is 10.0. The zero-order valence-corrected chi connectivity index (χ0v) is 70.2. The summed E-state index contributed by atoms with van der Waals surface area (Å²) < 4.78 is 74.6. The minimum Gasteiger partial charge on any atom is -0.493 e. The van der Waals surface area contributed by atoms with Crippen molar-refractivity contribution in [2.45, 2.75) is 203 Å². The Morgan fingerprint density at radius 1 is 0.540 bits per heavy atom. The number of benzene rings is 4. The molecule has 10 rings (SSSR count). The lowest BCUT2D eigenvalue weighted by Gasteiger charge is -2.35. The van der Waals surface area contributed by atoms with Crippen LogP contribution in [-0.4, -0.2) is 297 Å². The fraction of sp³-hybridized carbons (Fsp3) is 0.570. The summed E-state index contributed by atoms with van der Waals surface area (Å²) in [5.74, 6) is 2.65. The van der Waals surface area contributed by atoms with E-state index in [1.165, 1.54) is 78.6 Å². The van der Waals surface area contributed by atoms with E-state index in [4.69, 9.17) is 67.5 Å². The van der Waals surface area contributed by atoms with Gasteiger partial charge in [-0.15, -0.1) is 0 Å². The second kappa shape index (κ2) is 46.9. The molecule has 0 aliphatic carbocycles. The molecule has 0 bridgehead atoms. The van der Waals surface area contributed by atoms with Gasteiger partial charge in [0, 0.05) is 78.0 Å². The average Bonchev–Trinajstić information content (AvgIpc) is 1.60. The molecule has 0 saturated carbocycles. The lowest BCUT2D eigenvalue weighted by molar-refractivity contribution is -0.242. The number of nitrogens with zero attached hydrogens (tertiary/aromatic N) is 4. The maximum Gasteiger partial charge on any atom is 0.416 e. The molecule has 4 aromatic carbocycles. The first-order valence-corrected chi connectivity index (χ1v) is 41.6. The fourth-order valence-electron chi connectivity index (χ4n) is 15.0. The molecule has 0 spiro atoms. The summed E-state index contributed by atoms with van der Waals surface area (Å²) in [7, 11) is 2.86. The normalized spacial score (nSPS) is 22.5. The molecular weight excluding hydrogens is 1630 g/mol. The lowest BCUT2D eigenvalue weighted by Crippen LogP contribution is -2.54. The van der Waals surface area contributed by atoms with E-state index in [1.54, 1.807) is 13.0 Å². The molecule has 6 aliphatic rings. The highest BCUT2D eigenvalue weighted by atomic mass is 16.7. The molecule has 2 unspecified atom stereocenters. The van der Waals surface area contributed by atoms with Crippen LogP contribution >= 0.6 is 0 Å². The van der Waals surface area contributed by atoms with Crippen LogP contribution in [-0.2, 0) is 70.3 Å². The molecule has 6 amide bonds. The van der Waals surface area contributed by atoms with Crippen LogP contribution in [0.2, 0.25) is 0 Å². The highest BCUT2D eigenvalue weighted by Gasteiger charge is 2.49. The van der Waals surface area contributed by atoms with Crippen molar-refractivity contribution in [2.75, 3.05) is 123 Å². The van der Waals surface area contributed by atoms with Gasteiger partial charge in [-0.1, -0.05) is 43.4 Å². The van der Waals surface area contributed by atoms with E-state index in [1.807, 2.05) is 6.92 Å². The minimum absolute atomic E-state index is 0.00757. The van der Waals surface area contributed by atoms with E-state index < -0.39 is 141 Å². The molecule has 0 aromatic heterocycles. The Balaban J connectivity index is 0.744. The summed E-state index contributed by atoms with van der Waals surface area (Å²) in [5.41, 5.74) is 2.30. The third-order valence-corrected chi connectivity index (χ3v) is 21.7. The van der Waals surface area contributed by atoms with Gasteiger partial charge >= 0.3 is 12.2 Å². The van der Waals surface area contributed by atoms with Crippen molar-refractivity contribution in [1.29, 1.82) is 0 Å². The fourth-order valence-corrected chi connectivity index (χ4v) is 15.0. The molecule has 4 fully saturated rings. The number of carbonyl (C=O) groups is 9. The number of fused-ring (bicyclic) bond motifs is 4. The molecular formula is C86H115N7O31. The number of nitrogens with two attached hydrogens (primary N) is 1. The number of unbranched alkanes of at least 4 members (excludes halogenated alkanes) is 3. The molecule has 6 heterocycles. The van der Waals surface area contributed by atoms with Crippen molar-refractivity contribution >= 4 is 64.5 Å². The summed E-state index contributed by atoms with van der Waals surface area (Å²) >= 11 is 0. The number of aliphatic hydroxyl groups excluding tert-OH is 8. The van der Waals surface area contributed by atoms with Gasteiger partial charge in [0.25, 0.3) is 11.8 Å². The van der Waals surface area contributed by atoms with Crippen molar-refractivity contribution in [3.8, 4) is 28.7 Å². The topological polar surface area (TPSA) is 508 Å². The molecule has 4 saturated heterocycles. The Kier molecular flexibility index (Phi) is 36.5. The second-order valence-corrected chi connectivity index (χ2v) is 31.1. The SMILES string of the molecule is C=C1C[C@H]2C(O)N(C(=O)OCc3ccc(O[C@@H]4OC[C@@H](O)[C@H](O)[C@H]4O)c(C(=O)CCCOCCOCC(=O)NCCCC[C@H](NC(=O)COCCC)C(=O)CCCON)c3)c3cc(OCCCCCOc4cc5c(cc4OC)C(=O)N4CC(=C)C[C@H]4C(O)N5C(=O)OCc4ccc(O[C@@H]5OC[C@@H](O)[C@H](O)[C@H]5O)c(C(=O)CCCOC)c4)c(C)cc3C(=O)N2C1. The van der Waals surface area contributed by atoms with E-state index in [0.29, 0.717) is 86.8 Å². The van der Waals surface area contributed by atoms with Crippen LogP contribution in [0, 0.1) is 6.92 Å². The number of anilines is 2. The number of hydrogen-bond donors (Lipinski definition) is 11. The number of Topliss-reactive ketones (excluding diaryl/α,β-unsaturated/α-hetero) is 3. The third-order valence-electron chi connectivity index (χ3n) is 21.7. The summed E-state index contributed by atoms with van der Waals surface area (Å²) in [5, 5.41) is 92.3. The van der Waals surface area contributed by atoms with Gasteiger partial charge in [-0.2, -0.15) is 0 Å². The number of ketones is 3. The van der Waals surface area contributed by atoms with Crippen LogP contribution in [0.25, 0.3) is 0 Å². The zero-order chi connectivity index (χ0) is 89.3. The summed E-state index contributed by atoms with van der Waals surface area (Å²) in [4.78, 5) is 133. The number of nitrogens with one attached hydrogen (secondary N) is 2. The maximum atomic E-state index is 14.7. The molecule has 124 heavy (non-hydrogen) atoms. The Hall–Kier alpha value is -9.85. The standard InChI is InChI=1S/C86H115N7O31/c1-7-25-114-48-74(100)89-58(65(96)19-15-30-122-87)16-9-10-24-88-73(99)47-115-32-31-113-27-14-18-64(95)57-37-53(21-23-69(57)124-84-78(104)76(102)67(98)46-119-84)43-120-85(109)92-59-39-70(51(4)35-54(59)79(105)90-41-49(2)33-61(90)81(92)107)116-28-11-8-12-29-117-72-40-60-55(38-71(72)112-6)80(106)91-42-50(3)34-62(91)82(108)93(60)86(110)121-44-52-20-22-68(56(36-52)63(94)17-13-26-111-5)123-83-77(103)75(101)66(97)45-118-83/h20-23,35-40,58,61-62,66-67,75-78,81-84,97-98,101-104,107-108H,2-3,7-19,24-34,41-48,87H2,1,4-6H3,(H,88,99)(H,89,100)/t58-,61-,62-,66+,67+,75-,76-,77+,78+,81?,82?,83-,84-/m0/s1. The van der Waals surface area contributed by atoms with Crippen LogP contribution in [0.3, 0.4) is 0 Å². The third kappa shape index (κ3) is 25.3. The number of ether oxygens (including phenoxy) is 13. The van der Waals surface area contributed by atoms with Gasteiger partial charge in [0.05, 0.1) is 105 Å². The Bertz CT molecular complexity index is 4380. The molecule has 38 nitrogen and oxygen atoms in total. The van der Waals surface area contributed by atoms with Gasteiger partial charge in [0.2, 0.25) is 24.4 Å². The quantitative estimate of drug-likeness (QED) is 0.0130. The minimum atomic E-state index is -1.73. The van der Waals surface area contributed by atoms with Gasteiger partial charge in [-0.05, 0) is 137 Å². The highest BCUT2D eigenvalue weighted by Crippen LogP contribution is 2.44. The Morgan fingerprint density at radius 3 is 1.59 bits per heavy atom. The van der Waals surface area contributed by atoms with Crippen LogP contribution in [0.15, 0.2) is 85.0 Å². The van der Waals surface area contributed by atoms with E-state index in [-0.39, 0.29) is 197 Å². The van der Waals surface area contributed by atoms with Gasteiger partial charge in [0.1, 0.15) is 80.3 Å². The van der Waals surface area contributed by atoms with Crippen LogP contribution in [0.1, 0.15) is 161 Å². The molecule has 680 valence electrons. The predicted octanol–water partition coefficient (Wildman–Crippen LogP) is 3.80. The van der Waals surface area contributed by atoms with Gasteiger partial charge in [-0.3, -0.25) is 33.6 Å². The maximum absolute atomic E-state index is 14.7. The van der Waals surface area contributed by atoms with E-state index >= 15 is 0 Å². The van der Waals surface area contributed by atoms with E-state index in [2.05, 4.69) is 28.6 Å². The largest absolute Gasteiger partial charge is 0.493 e. The summed E-state index contributed by atoms with van der Waals surface area (Å²) in [6, 6.07) is 11.8. The molecule has 12 N–H and O–H groups in total. The zero-order valence-electron chi connectivity index (χ0n) is 70.2. The first kappa shape index (κ1) is 96.4. The number of methoxy groups -OCH3 is 2. The Morgan fingerprint density at radius 2 is 1.05 bits per heavy atom. The number of carbonyl (C=O) groups excluding carboxylic acids is 9. The molecule has 0 radical (unpaired) electrons. The number of aliphatic hydroxyl groups is 8. The summed E-state index contributed by atoms with van der Waals surface area (Å²) in [6.45, 7) is 11.3. The second-order valence-electron chi connectivity index (χ2n) is 31.1. The number of aryl methyl sites for hydroxylation is 1. The van der Waals surface area contributed by atoms with Gasteiger partial charge < -0.3 is 128 Å². The summed E-state index contributed by atoms with van der Waals surface area (Å²) in [6.07, 6.45) is -13.1. The van der Waals surface area contributed by atoms with E-state index in [0.717, 1.165) is 16.2 Å².